The molecule has 0 rings (SSSR count). The molecule has 0 aliphatic heterocycles. The Bertz CT molecular complexity index is 644. The predicted octanol–water partition coefficient (Wildman–Crippen LogP) is 16.1. The summed E-state index contributed by atoms with van der Waals surface area (Å²) in [5.41, 5.74) is 0. The average Bonchev–Trinajstić information content (AvgIpc) is 3.12. The van der Waals surface area contributed by atoms with Gasteiger partial charge in [0.25, 0.3) is 0 Å². The van der Waals surface area contributed by atoms with E-state index in [1.807, 2.05) is 0 Å². The lowest BCUT2D eigenvalue weighted by Crippen LogP contribution is -2.05. The van der Waals surface area contributed by atoms with Crippen LogP contribution >= 0.6 is 0 Å². The molecule has 0 radical (unpaired) electrons. The summed E-state index contributed by atoms with van der Waals surface area (Å²) in [5.74, 6) is 0.0164. The van der Waals surface area contributed by atoms with Crippen LogP contribution in [0.5, 0.6) is 0 Å². The van der Waals surface area contributed by atoms with Crippen LogP contribution in [0.3, 0.4) is 0 Å². The smallest absolute Gasteiger partial charge is 0.305 e. The molecule has 0 aromatic carbocycles. The maximum atomic E-state index is 12.0. The van der Waals surface area contributed by atoms with E-state index >= 15 is 0 Å². The zero-order valence-corrected chi connectivity index (χ0v) is 34.3. The topological polar surface area (TPSA) is 46.5 Å². The van der Waals surface area contributed by atoms with Crippen molar-refractivity contribution in [2.75, 3.05) is 13.2 Å². The van der Waals surface area contributed by atoms with Crippen molar-refractivity contribution in [1.82, 2.24) is 0 Å². The van der Waals surface area contributed by atoms with Crippen LogP contribution in [0.4, 0.5) is 0 Å². The summed E-state index contributed by atoms with van der Waals surface area (Å²) in [6.45, 7) is 3.26. The SMILES string of the molecule is CCCCCC/C=C\CCCCCCCC(=O)OCCCCCCCCCCCCCCCCCCCCCCCCCCCCCCCO. The highest BCUT2D eigenvalue weighted by molar-refractivity contribution is 5.69. The first-order valence-electron chi connectivity index (χ1n) is 23.2. The van der Waals surface area contributed by atoms with Gasteiger partial charge in [0, 0.05) is 13.0 Å². The summed E-state index contributed by atoms with van der Waals surface area (Å²) in [6.07, 6.45) is 59.2. The molecule has 3 heteroatoms. The Morgan fingerprint density at radius 2 is 0.660 bits per heavy atom. The molecule has 0 bridgehead atoms. The van der Waals surface area contributed by atoms with E-state index in [0.29, 0.717) is 19.6 Å². The second kappa shape index (κ2) is 46.2. The van der Waals surface area contributed by atoms with Gasteiger partial charge in [0.05, 0.1) is 6.61 Å². The summed E-state index contributed by atoms with van der Waals surface area (Å²) in [6, 6.07) is 0. The molecule has 3 nitrogen and oxygen atoms in total. The Balaban J connectivity index is 3.14. The number of aliphatic hydroxyl groups is 1. The lowest BCUT2D eigenvalue weighted by atomic mass is 10.0. The number of unbranched alkanes of at least 4 members (excludes halogenated alkanes) is 37. The minimum absolute atomic E-state index is 0.0164. The Labute approximate surface area is 315 Å². The number of hydrogen-bond donors (Lipinski definition) is 1. The van der Waals surface area contributed by atoms with Crippen molar-refractivity contribution in [3.8, 4) is 0 Å². The van der Waals surface area contributed by atoms with Gasteiger partial charge in [0.15, 0.2) is 0 Å². The highest BCUT2D eigenvalue weighted by Crippen LogP contribution is 2.17. The molecule has 0 aromatic rings. The van der Waals surface area contributed by atoms with Gasteiger partial charge in [-0.3, -0.25) is 4.79 Å². The normalized spacial score (nSPS) is 11.6. The van der Waals surface area contributed by atoms with Crippen molar-refractivity contribution in [1.29, 1.82) is 0 Å². The molecule has 0 amide bonds. The number of aliphatic hydroxyl groups excluding tert-OH is 1. The second-order valence-corrected chi connectivity index (χ2v) is 15.8. The number of carbonyl (C=O) groups is 1. The van der Waals surface area contributed by atoms with Crippen LogP contribution in [0, 0.1) is 0 Å². The van der Waals surface area contributed by atoms with Gasteiger partial charge >= 0.3 is 5.97 Å². The first kappa shape index (κ1) is 49.2. The van der Waals surface area contributed by atoms with Gasteiger partial charge in [-0.25, -0.2) is 0 Å². The molecule has 0 aliphatic carbocycles. The molecule has 50 heavy (non-hydrogen) atoms. The van der Waals surface area contributed by atoms with E-state index in [2.05, 4.69) is 19.1 Å². The summed E-state index contributed by atoms with van der Waals surface area (Å²) in [4.78, 5) is 12.0. The van der Waals surface area contributed by atoms with Crippen LogP contribution in [0.2, 0.25) is 0 Å². The van der Waals surface area contributed by atoms with Crippen molar-refractivity contribution in [2.24, 2.45) is 0 Å². The molecule has 0 aromatic heterocycles. The van der Waals surface area contributed by atoms with Gasteiger partial charge < -0.3 is 9.84 Å². The minimum Gasteiger partial charge on any atom is -0.466 e. The zero-order chi connectivity index (χ0) is 36.1. The molecule has 0 saturated heterocycles. The largest absolute Gasteiger partial charge is 0.466 e. The molecule has 0 fully saturated rings. The maximum Gasteiger partial charge on any atom is 0.305 e. The van der Waals surface area contributed by atoms with Gasteiger partial charge in [0.2, 0.25) is 0 Å². The molecule has 0 spiro atoms. The summed E-state index contributed by atoms with van der Waals surface area (Å²) in [5, 5.41) is 8.81. The van der Waals surface area contributed by atoms with Crippen LogP contribution in [-0.4, -0.2) is 24.3 Å². The van der Waals surface area contributed by atoms with E-state index in [0.717, 1.165) is 25.7 Å². The van der Waals surface area contributed by atoms with Crippen LogP contribution in [-0.2, 0) is 9.53 Å². The maximum absolute atomic E-state index is 12.0. The van der Waals surface area contributed by atoms with Gasteiger partial charge in [-0.2, -0.15) is 0 Å². The van der Waals surface area contributed by atoms with Crippen LogP contribution in [0.15, 0.2) is 12.2 Å². The highest BCUT2D eigenvalue weighted by Gasteiger charge is 2.03. The molecule has 0 heterocycles. The van der Waals surface area contributed by atoms with Crippen molar-refractivity contribution in [3.63, 3.8) is 0 Å². The molecule has 0 saturated carbocycles. The standard InChI is InChI=1S/C47H92O3/c1-2-3-4-5-6-7-8-26-29-32-35-38-41-44-47(49)50-46-43-40-37-34-31-28-25-23-21-19-17-15-13-11-9-10-12-14-16-18-20-22-24-27-30-33-36-39-42-45-48/h7-8,48H,2-6,9-46H2,1H3/b8-7-. The van der Waals surface area contributed by atoms with Gasteiger partial charge in [-0.1, -0.05) is 231 Å². The van der Waals surface area contributed by atoms with E-state index in [1.165, 1.54) is 231 Å². The average molecular weight is 705 g/mol. The third-order valence-corrected chi connectivity index (χ3v) is 10.7. The number of allylic oxidation sites excluding steroid dienone is 2. The van der Waals surface area contributed by atoms with Crippen molar-refractivity contribution >= 4 is 5.97 Å². The van der Waals surface area contributed by atoms with Gasteiger partial charge in [-0.15, -0.1) is 0 Å². The number of carbonyl (C=O) groups excluding carboxylic acids is 1. The fourth-order valence-electron chi connectivity index (χ4n) is 7.23. The van der Waals surface area contributed by atoms with Crippen LogP contribution < -0.4 is 0 Å². The second-order valence-electron chi connectivity index (χ2n) is 15.8. The Morgan fingerprint density at radius 1 is 0.380 bits per heavy atom. The van der Waals surface area contributed by atoms with E-state index in [9.17, 15) is 4.79 Å². The lowest BCUT2D eigenvalue weighted by molar-refractivity contribution is -0.143. The highest BCUT2D eigenvalue weighted by atomic mass is 16.5. The van der Waals surface area contributed by atoms with E-state index in [1.54, 1.807) is 0 Å². The molecular weight excluding hydrogens is 613 g/mol. The predicted molar refractivity (Wildman–Crippen MR) is 222 cm³/mol. The van der Waals surface area contributed by atoms with E-state index in [-0.39, 0.29) is 5.97 Å². The lowest BCUT2D eigenvalue weighted by Gasteiger charge is -2.06. The molecular formula is C47H92O3. The van der Waals surface area contributed by atoms with Crippen LogP contribution in [0.1, 0.15) is 270 Å². The van der Waals surface area contributed by atoms with Crippen LogP contribution in [0.25, 0.3) is 0 Å². The third-order valence-electron chi connectivity index (χ3n) is 10.7. The summed E-state index contributed by atoms with van der Waals surface area (Å²) in [7, 11) is 0. The number of hydrogen-bond acceptors (Lipinski definition) is 3. The Hall–Kier alpha value is -0.830. The summed E-state index contributed by atoms with van der Waals surface area (Å²) >= 11 is 0. The van der Waals surface area contributed by atoms with E-state index < -0.39 is 0 Å². The quantitative estimate of drug-likeness (QED) is 0.0390. The monoisotopic (exact) mass is 705 g/mol. The Kier molecular flexibility index (Phi) is 45.4. The molecule has 0 aliphatic rings. The molecule has 298 valence electrons. The number of ether oxygens (including phenoxy) is 1. The van der Waals surface area contributed by atoms with Crippen molar-refractivity contribution in [3.05, 3.63) is 12.2 Å². The van der Waals surface area contributed by atoms with Crippen molar-refractivity contribution < 1.29 is 14.6 Å². The van der Waals surface area contributed by atoms with Gasteiger partial charge in [-0.05, 0) is 44.9 Å². The fraction of sp³-hybridized carbons (Fsp3) is 0.936. The third kappa shape index (κ3) is 45.2. The first-order valence-corrected chi connectivity index (χ1v) is 23.2. The minimum atomic E-state index is 0.0164. The molecule has 0 atom stereocenters. The fourth-order valence-corrected chi connectivity index (χ4v) is 7.23. The number of esters is 1. The van der Waals surface area contributed by atoms with Gasteiger partial charge in [0.1, 0.15) is 0 Å². The first-order chi connectivity index (χ1) is 24.8. The molecule has 1 N–H and O–H groups in total. The van der Waals surface area contributed by atoms with E-state index in [4.69, 9.17) is 9.84 Å². The Morgan fingerprint density at radius 3 is 1.00 bits per heavy atom. The van der Waals surface area contributed by atoms with Crippen molar-refractivity contribution in [2.45, 2.75) is 270 Å². The molecule has 0 unspecified atom stereocenters. The zero-order valence-electron chi connectivity index (χ0n) is 34.3. The number of rotatable bonds is 44. The summed E-state index contributed by atoms with van der Waals surface area (Å²) < 4.78 is 5.46.